The van der Waals surface area contributed by atoms with Gasteiger partial charge in [0, 0.05) is 23.2 Å². The molecular formula is C34H22N4. The van der Waals surface area contributed by atoms with Gasteiger partial charge in [-0.2, -0.15) is 0 Å². The first-order valence-corrected chi connectivity index (χ1v) is 12.6. The second-order valence-corrected chi connectivity index (χ2v) is 9.19. The van der Waals surface area contributed by atoms with Crippen LogP contribution in [0.25, 0.3) is 66.8 Å². The van der Waals surface area contributed by atoms with Crippen molar-refractivity contribution in [1.82, 2.24) is 19.9 Å². The summed E-state index contributed by atoms with van der Waals surface area (Å²) in [5.41, 5.74) is 9.54. The van der Waals surface area contributed by atoms with Crippen molar-refractivity contribution in [3.8, 4) is 45.0 Å². The highest BCUT2D eigenvalue weighted by Crippen LogP contribution is 2.30. The van der Waals surface area contributed by atoms with Crippen molar-refractivity contribution in [2.24, 2.45) is 0 Å². The lowest BCUT2D eigenvalue weighted by atomic mass is 10.0. The summed E-state index contributed by atoms with van der Waals surface area (Å²) in [4.78, 5) is 19.4. The van der Waals surface area contributed by atoms with Crippen LogP contribution in [0.1, 0.15) is 0 Å². The maximum Gasteiger partial charge on any atom is 0.0973 e. The summed E-state index contributed by atoms with van der Waals surface area (Å²) in [7, 11) is 0. The van der Waals surface area contributed by atoms with Crippen LogP contribution in [0.3, 0.4) is 0 Å². The second-order valence-electron chi connectivity index (χ2n) is 9.19. The fourth-order valence-corrected chi connectivity index (χ4v) is 4.81. The third kappa shape index (κ3) is 4.08. The monoisotopic (exact) mass is 486 g/mol. The van der Waals surface area contributed by atoms with E-state index in [-0.39, 0.29) is 0 Å². The predicted molar refractivity (Wildman–Crippen MR) is 154 cm³/mol. The lowest BCUT2D eigenvalue weighted by Crippen LogP contribution is -1.93. The van der Waals surface area contributed by atoms with E-state index in [9.17, 15) is 0 Å². The van der Waals surface area contributed by atoms with Crippen LogP contribution in [0.2, 0.25) is 0 Å². The van der Waals surface area contributed by atoms with Gasteiger partial charge in [-0.05, 0) is 58.7 Å². The van der Waals surface area contributed by atoms with Gasteiger partial charge in [0.2, 0.25) is 0 Å². The number of nitrogens with zero attached hydrogens (tertiary/aromatic N) is 4. The molecule has 38 heavy (non-hydrogen) atoms. The normalized spacial score (nSPS) is 11.2. The molecule has 4 heteroatoms. The maximum absolute atomic E-state index is 5.06. The molecule has 0 atom stereocenters. The first-order valence-electron chi connectivity index (χ1n) is 12.6. The average molecular weight is 487 g/mol. The summed E-state index contributed by atoms with van der Waals surface area (Å²) in [6.07, 6.45) is 3.68. The molecule has 7 aromatic rings. The van der Waals surface area contributed by atoms with Crippen molar-refractivity contribution in [2.45, 2.75) is 0 Å². The van der Waals surface area contributed by atoms with Crippen LogP contribution in [0.15, 0.2) is 134 Å². The smallest absolute Gasteiger partial charge is 0.0973 e. The maximum atomic E-state index is 5.06. The third-order valence-electron chi connectivity index (χ3n) is 6.78. The number of hydrogen-bond acceptors (Lipinski definition) is 4. The molecule has 3 aromatic carbocycles. The van der Waals surface area contributed by atoms with E-state index in [1.165, 1.54) is 0 Å². The van der Waals surface area contributed by atoms with Gasteiger partial charge in [0.1, 0.15) is 0 Å². The lowest BCUT2D eigenvalue weighted by molar-refractivity contribution is 1.26. The van der Waals surface area contributed by atoms with Gasteiger partial charge in [0.05, 0.1) is 33.8 Å². The Morgan fingerprint density at radius 3 is 1.21 bits per heavy atom. The molecule has 7 rings (SSSR count). The summed E-state index contributed by atoms with van der Waals surface area (Å²) in [6, 6.07) is 41.3. The van der Waals surface area contributed by atoms with Crippen LogP contribution >= 0.6 is 0 Å². The van der Waals surface area contributed by atoms with Crippen LogP contribution in [-0.2, 0) is 0 Å². The van der Waals surface area contributed by atoms with Crippen molar-refractivity contribution in [1.29, 1.82) is 0 Å². The second kappa shape index (κ2) is 9.34. The van der Waals surface area contributed by atoms with Crippen molar-refractivity contribution in [3.05, 3.63) is 134 Å². The van der Waals surface area contributed by atoms with E-state index in [2.05, 4.69) is 70.6 Å². The van der Waals surface area contributed by atoms with Gasteiger partial charge >= 0.3 is 0 Å². The minimum Gasteiger partial charge on any atom is -0.255 e. The zero-order valence-corrected chi connectivity index (χ0v) is 20.5. The Bertz CT molecular complexity index is 1770. The SMILES string of the molecule is c1ccc(-c2ccnc(-c3ccc4ccc5ccc(-c6cc(-c7ccccc7)ccn6)nc5c4n3)c2)cc1. The highest BCUT2D eigenvalue weighted by Gasteiger charge is 2.11. The standard InChI is InChI=1S/C34H22N4/c1-3-7-23(8-4-1)27-17-19-35-31(21-27)29-15-13-25-11-12-26-14-16-30(38-34(26)33(25)37-29)32-22-28(18-20-36-32)24-9-5-2-6-10-24/h1-22H. The van der Waals surface area contributed by atoms with Crippen LogP contribution in [0, 0.1) is 0 Å². The van der Waals surface area contributed by atoms with Gasteiger partial charge in [-0.3, -0.25) is 9.97 Å². The van der Waals surface area contributed by atoms with Crippen LogP contribution < -0.4 is 0 Å². The molecular weight excluding hydrogens is 464 g/mol. The van der Waals surface area contributed by atoms with E-state index in [1.54, 1.807) is 0 Å². The molecule has 4 nitrogen and oxygen atoms in total. The van der Waals surface area contributed by atoms with Crippen molar-refractivity contribution in [3.63, 3.8) is 0 Å². The quantitative estimate of drug-likeness (QED) is 0.235. The zero-order chi connectivity index (χ0) is 25.3. The van der Waals surface area contributed by atoms with Gasteiger partial charge in [-0.1, -0.05) is 84.9 Å². The van der Waals surface area contributed by atoms with Crippen LogP contribution in [0.4, 0.5) is 0 Å². The first-order chi connectivity index (χ1) is 18.8. The number of fused-ring (bicyclic) bond motifs is 3. The molecule has 178 valence electrons. The minimum atomic E-state index is 0.819. The van der Waals surface area contributed by atoms with E-state index in [0.29, 0.717) is 0 Å². The Kier molecular flexibility index (Phi) is 5.41. The molecule has 0 radical (unpaired) electrons. The van der Waals surface area contributed by atoms with Crippen LogP contribution in [0.5, 0.6) is 0 Å². The number of benzene rings is 3. The fourth-order valence-electron chi connectivity index (χ4n) is 4.81. The van der Waals surface area contributed by atoms with E-state index in [1.807, 2.05) is 73.1 Å². The van der Waals surface area contributed by atoms with Gasteiger partial charge in [-0.25, -0.2) is 9.97 Å². The van der Waals surface area contributed by atoms with Gasteiger partial charge in [-0.15, -0.1) is 0 Å². The van der Waals surface area contributed by atoms with E-state index < -0.39 is 0 Å². The summed E-state index contributed by atoms with van der Waals surface area (Å²) in [5.74, 6) is 0. The van der Waals surface area contributed by atoms with Crippen molar-refractivity contribution < 1.29 is 0 Å². The Balaban J connectivity index is 1.34. The van der Waals surface area contributed by atoms with E-state index in [0.717, 1.165) is 66.8 Å². The van der Waals surface area contributed by atoms with Crippen LogP contribution in [-0.4, -0.2) is 19.9 Å². The summed E-state index contributed by atoms with van der Waals surface area (Å²) < 4.78 is 0. The molecule has 0 bridgehead atoms. The number of pyridine rings is 4. The summed E-state index contributed by atoms with van der Waals surface area (Å²) >= 11 is 0. The molecule has 0 amide bonds. The fraction of sp³-hybridized carbons (Fsp3) is 0. The molecule has 0 saturated carbocycles. The summed E-state index contributed by atoms with van der Waals surface area (Å²) in [5, 5.41) is 2.08. The Hall–Kier alpha value is -5.22. The number of aromatic nitrogens is 4. The summed E-state index contributed by atoms with van der Waals surface area (Å²) in [6.45, 7) is 0. The number of rotatable bonds is 4. The highest BCUT2D eigenvalue weighted by molar-refractivity contribution is 6.04. The lowest BCUT2D eigenvalue weighted by Gasteiger charge is -2.09. The molecule has 0 aliphatic rings. The Labute approximate surface area is 220 Å². The zero-order valence-electron chi connectivity index (χ0n) is 20.5. The topological polar surface area (TPSA) is 51.6 Å². The third-order valence-corrected chi connectivity index (χ3v) is 6.78. The Morgan fingerprint density at radius 2 is 0.763 bits per heavy atom. The molecule has 0 saturated heterocycles. The molecule has 0 N–H and O–H groups in total. The molecule has 4 aromatic heterocycles. The molecule has 0 unspecified atom stereocenters. The van der Waals surface area contributed by atoms with E-state index >= 15 is 0 Å². The van der Waals surface area contributed by atoms with Gasteiger partial charge < -0.3 is 0 Å². The van der Waals surface area contributed by atoms with Gasteiger partial charge in [0.25, 0.3) is 0 Å². The molecule has 0 fully saturated rings. The molecule has 0 aliphatic carbocycles. The van der Waals surface area contributed by atoms with Crippen molar-refractivity contribution >= 4 is 21.8 Å². The highest BCUT2D eigenvalue weighted by atomic mass is 14.8. The molecule has 0 spiro atoms. The van der Waals surface area contributed by atoms with E-state index in [4.69, 9.17) is 9.97 Å². The molecule has 0 aliphatic heterocycles. The van der Waals surface area contributed by atoms with Gasteiger partial charge in [0.15, 0.2) is 0 Å². The largest absolute Gasteiger partial charge is 0.255 e. The minimum absolute atomic E-state index is 0.819. The first kappa shape index (κ1) is 22.0. The predicted octanol–water partition coefficient (Wildman–Crippen LogP) is 8.24. The molecule has 4 heterocycles. The number of hydrogen-bond donors (Lipinski definition) is 0. The van der Waals surface area contributed by atoms with Crippen molar-refractivity contribution in [2.75, 3.05) is 0 Å². The Morgan fingerprint density at radius 1 is 0.342 bits per heavy atom. The average Bonchev–Trinajstić information content (AvgIpc) is 3.01.